The van der Waals surface area contributed by atoms with Gasteiger partial charge in [-0.3, -0.25) is 10.1 Å². The Balaban J connectivity index is 1.68. The molecule has 0 amide bonds. The van der Waals surface area contributed by atoms with E-state index in [1.165, 1.54) is 30.5 Å². The molecule has 0 aliphatic rings. The lowest BCUT2D eigenvalue weighted by Gasteiger charge is -2.03. The zero-order valence-electron chi connectivity index (χ0n) is 15.8. The summed E-state index contributed by atoms with van der Waals surface area (Å²) < 4.78 is 5.28. The van der Waals surface area contributed by atoms with Crippen LogP contribution in [0.5, 0.6) is 0 Å². The number of halogens is 2. The Bertz CT molecular complexity index is 1480. The number of nitrogens with zero attached hydrogens (tertiary/aromatic N) is 3. The lowest BCUT2D eigenvalue weighted by atomic mass is 10.1. The fraction of sp³-hybridized carbons (Fsp3) is 0. The average molecular weight is 485 g/mol. The minimum Gasteiger partial charge on any atom is -0.422 e. The van der Waals surface area contributed by atoms with Gasteiger partial charge < -0.3 is 9.73 Å². The second-order valence-electron chi connectivity index (χ2n) is 6.44. The Kier molecular flexibility index (Phi) is 5.92. The van der Waals surface area contributed by atoms with Gasteiger partial charge in [-0.1, -0.05) is 23.2 Å². The van der Waals surface area contributed by atoms with Gasteiger partial charge in [0, 0.05) is 44.8 Å². The van der Waals surface area contributed by atoms with Crippen molar-refractivity contribution in [3.05, 3.63) is 89.6 Å². The normalized spacial score (nSPS) is 11.3. The second kappa shape index (κ2) is 8.80. The Labute approximate surface area is 194 Å². The Hall–Kier alpha value is -3.71. The van der Waals surface area contributed by atoms with Crippen LogP contribution in [-0.2, 0) is 0 Å². The molecule has 0 saturated heterocycles. The number of rotatable bonds is 5. The predicted molar refractivity (Wildman–Crippen MR) is 124 cm³/mol. The van der Waals surface area contributed by atoms with Gasteiger partial charge in [0.25, 0.3) is 5.69 Å². The molecule has 1 N–H and O–H groups in total. The smallest absolute Gasteiger partial charge is 0.345 e. The van der Waals surface area contributed by atoms with Gasteiger partial charge in [-0.2, -0.15) is 5.26 Å². The van der Waals surface area contributed by atoms with Crippen molar-refractivity contribution in [2.75, 3.05) is 5.32 Å². The van der Waals surface area contributed by atoms with Crippen LogP contribution >= 0.6 is 34.5 Å². The molecule has 0 bridgehead atoms. The molecule has 0 radical (unpaired) electrons. The quantitative estimate of drug-likeness (QED) is 0.157. The molecule has 32 heavy (non-hydrogen) atoms. The zero-order valence-corrected chi connectivity index (χ0v) is 18.2. The largest absolute Gasteiger partial charge is 0.422 e. The maximum absolute atomic E-state index is 12.4. The van der Waals surface area contributed by atoms with E-state index in [1.807, 2.05) is 0 Å². The van der Waals surface area contributed by atoms with E-state index in [2.05, 4.69) is 16.4 Å². The molecule has 0 fully saturated rings. The summed E-state index contributed by atoms with van der Waals surface area (Å²) in [5.41, 5.74) is 0.686. The van der Waals surface area contributed by atoms with Gasteiger partial charge in [-0.05, 0) is 30.3 Å². The van der Waals surface area contributed by atoms with E-state index in [9.17, 15) is 20.2 Å². The predicted octanol–water partition coefficient (Wildman–Crippen LogP) is 6.11. The molecule has 0 unspecified atom stereocenters. The molecule has 158 valence electrons. The van der Waals surface area contributed by atoms with Gasteiger partial charge in [-0.25, -0.2) is 9.78 Å². The molecule has 2 heterocycles. The van der Waals surface area contributed by atoms with Crippen LogP contribution in [0.15, 0.2) is 63.3 Å². The van der Waals surface area contributed by atoms with Gasteiger partial charge in [0.2, 0.25) is 0 Å². The number of allylic oxidation sites excluding steroid dienone is 1. The summed E-state index contributed by atoms with van der Waals surface area (Å²) in [6, 6.07) is 12.3. The lowest BCUT2D eigenvalue weighted by molar-refractivity contribution is -0.384. The molecule has 0 saturated carbocycles. The molecule has 2 aromatic heterocycles. The summed E-state index contributed by atoms with van der Waals surface area (Å²) in [5, 5.41) is 26.7. The zero-order chi connectivity index (χ0) is 22.8. The van der Waals surface area contributed by atoms with Gasteiger partial charge >= 0.3 is 5.63 Å². The fourth-order valence-corrected chi connectivity index (χ4v) is 4.17. The summed E-state index contributed by atoms with van der Waals surface area (Å²) in [6.45, 7) is 0. The van der Waals surface area contributed by atoms with E-state index < -0.39 is 10.5 Å². The molecule has 4 rings (SSSR count). The number of nitro groups is 1. The van der Waals surface area contributed by atoms with E-state index in [-0.39, 0.29) is 22.4 Å². The molecular weight excluding hydrogens is 475 g/mol. The van der Waals surface area contributed by atoms with Gasteiger partial charge in [0.05, 0.1) is 16.2 Å². The maximum atomic E-state index is 12.4. The van der Waals surface area contributed by atoms with Gasteiger partial charge in [-0.15, -0.1) is 11.3 Å². The van der Waals surface area contributed by atoms with Crippen molar-refractivity contribution >= 4 is 62.5 Å². The first kappa shape index (κ1) is 21.5. The van der Waals surface area contributed by atoms with Crippen molar-refractivity contribution in [2.24, 2.45) is 0 Å². The Morgan fingerprint density at radius 3 is 2.66 bits per heavy atom. The number of hydrogen-bond acceptors (Lipinski definition) is 8. The Morgan fingerprint density at radius 1 is 1.22 bits per heavy atom. The van der Waals surface area contributed by atoms with Crippen molar-refractivity contribution in [3.63, 3.8) is 0 Å². The SMILES string of the molecule is N#C/C(=C/Nc1cc(Cl)cc(Cl)c1)c1nc(-c2cc3cc([N+](=O)[O-])ccc3oc2=O)cs1. The molecule has 0 aliphatic carbocycles. The van der Waals surface area contributed by atoms with Crippen LogP contribution in [0.3, 0.4) is 0 Å². The molecule has 2 aromatic carbocycles. The third-order valence-electron chi connectivity index (χ3n) is 4.30. The average Bonchev–Trinajstić information content (AvgIpc) is 3.22. The standard InChI is InChI=1S/C21H10Cl2N4O4S/c22-13-5-14(23)7-15(6-13)25-9-12(8-24)20-26-18(10-32-20)17-4-11-3-16(27(29)30)1-2-19(11)31-21(17)28/h1-7,9-10,25H/b12-9-. The number of hydrogen-bond donors (Lipinski definition) is 1. The maximum Gasteiger partial charge on any atom is 0.345 e. The second-order valence-corrected chi connectivity index (χ2v) is 8.17. The van der Waals surface area contributed by atoms with Crippen molar-refractivity contribution < 1.29 is 9.34 Å². The Morgan fingerprint density at radius 2 is 1.97 bits per heavy atom. The molecule has 0 atom stereocenters. The molecule has 11 heteroatoms. The van der Waals surface area contributed by atoms with Gasteiger partial charge in [0.15, 0.2) is 0 Å². The van der Waals surface area contributed by atoms with E-state index in [4.69, 9.17) is 27.6 Å². The third-order valence-corrected chi connectivity index (χ3v) is 5.62. The van der Waals surface area contributed by atoms with E-state index in [1.54, 1.807) is 23.6 Å². The number of benzene rings is 2. The van der Waals surface area contributed by atoms with E-state index in [0.717, 1.165) is 11.3 Å². The topological polar surface area (TPSA) is 122 Å². The number of non-ortho nitro benzene ring substituents is 1. The summed E-state index contributed by atoms with van der Waals surface area (Å²) in [7, 11) is 0. The van der Waals surface area contributed by atoms with Crippen molar-refractivity contribution in [1.29, 1.82) is 5.26 Å². The molecule has 8 nitrogen and oxygen atoms in total. The van der Waals surface area contributed by atoms with E-state index >= 15 is 0 Å². The number of anilines is 1. The highest BCUT2D eigenvalue weighted by Gasteiger charge is 2.15. The molecule has 0 aliphatic heterocycles. The van der Waals surface area contributed by atoms with Crippen LogP contribution in [0.1, 0.15) is 5.01 Å². The monoisotopic (exact) mass is 484 g/mol. The highest BCUT2D eigenvalue weighted by atomic mass is 35.5. The van der Waals surface area contributed by atoms with Crippen molar-refractivity contribution in [3.8, 4) is 17.3 Å². The van der Waals surface area contributed by atoms with Crippen LogP contribution < -0.4 is 10.9 Å². The molecule has 0 spiro atoms. The van der Waals surface area contributed by atoms with Crippen molar-refractivity contribution in [1.82, 2.24) is 4.98 Å². The first-order chi connectivity index (χ1) is 15.3. The van der Waals surface area contributed by atoms with Gasteiger partial charge in [0.1, 0.15) is 22.2 Å². The number of nitriles is 1. The summed E-state index contributed by atoms with van der Waals surface area (Å²) in [6.07, 6.45) is 1.46. The van der Waals surface area contributed by atoms with E-state index in [0.29, 0.717) is 31.8 Å². The minimum absolute atomic E-state index is 0.127. The van der Waals surface area contributed by atoms with Crippen LogP contribution in [-0.4, -0.2) is 9.91 Å². The number of fused-ring (bicyclic) bond motifs is 1. The number of aromatic nitrogens is 1. The summed E-state index contributed by atoms with van der Waals surface area (Å²) in [5.74, 6) is 0. The van der Waals surface area contributed by atoms with Crippen LogP contribution in [0.4, 0.5) is 11.4 Å². The summed E-state index contributed by atoms with van der Waals surface area (Å²) in [4.78, 5) is 27.3. The lowest BCUT2D eigenvalue weighted by Crippen LogP contribution is -2.03. The fourth-order valence-electron chi connectivity index (χ4n) is 2.86. The van der Waals surface area contributed by atoms with Crippen LogP contribution in [0.2, 0.25) is 10.0 Å². The van der Waals surface area contributed by atoms with Crippen LogP contribution in [0.25, 0.3) is 27.8 Å². The highest BCUT2D eigenvalue weighted by Crippen LogP contribution is 2.28. The number of nitro benzene ring substituents is 1. The first-order valence-corrected chi connectivity index (χ1v) is 10.5. The molecule has 4 aromatic rings. The highest BCUT2D eigenvalue weighted by molar-refractivity contribution is 7.11. The molecular formula is C21H10Cl2N4O4S. The van der Waals surface area contributed by atoms with Crippen molar-refractivity contribution in [2.45, 2.75) is 0 Å². The number of nitrogens with one attached hydrogen (secondary N) is 1. The number of thiazole rings is 1. The minimum atomic E-state index is -0.641. The summed E-state index contributed by atoms with van der Waals surface area (Å²) >= 11 is 13.1. The first-order valence-electron chi connectivity index (χ1n) is 8.85. The van der Waals surface area contributed by atoms with Crippen LogP contribution in [0, 0.1) is 21.4 Å². The third kappa shape index (κ3) is 4.48.